The van der Waals surface area contributed by atoms with Gasteiger partial charge in [0.25, 0.3) is 5.91 Å². The molecule has 0 radical (unpaired) electrons. The van der Waals surface area contributed by atoms with Crippen molar-refractivity contribution in [2.24, 2.45) is 5.73 Å². The molecule has 0 aliphatic carbocycles. The largest absolute Gasteiger partial charge is 0.481 e. The van der Waals surface area contributed by atoms with Crippen molar-refractivity contribution in [3.63, 3.8) is 0 Å². The molecule has 4 N–H and O–H groups in total. The zero-order valence-corrected chi connectivity index (χ0v) is 8.01. The quantitative estimate of drug-likeness (QED) is 0.615. The minimum atomic E-state index is -1.05. The van der Waals surface area contributed by atoms with E-state index in [1.54, 1.807) is 30.3 Å². The number of carboxylic acids is 1. The number of rotatable bonds is 4. The monoisotopic (exact) mass is 208 g/mol. The standard InChI is InChI=1S/C10H12N2O3/c11-8(6-9(13)14)12-10(15)7-4-2-1-3-5-7/h1-5,8H,6,11H2,(H,12,15)(H,13,14). The Bertz CT molecular complexity index is 351. The Balaban J connectivity index is 2.53. The lowest BCUT2D eigenvalue weighted by Gasteiger charge is -2.11. The summed E-state index contributed by atoms with van der Waals surface area (Å²) in [5.41, 5.74) is 5.86. The minimum Gasteiger partial charge on any atom is -0.481 e. The second kappa shape index (κ2) is 5.11. The van der Waals surface area contributed by atoms with Gasteiger partial charge in [0.2, 0.25) is 0 Å². The summed E-state index contributed by atoms with van der Waals surface area (Å²) >= 11 is 0. The number of carbonyl (C=O) groups is 2. The number of amides is 1. The first-order valence-electron chi connectivity index (χ1n) is 4.43. The minimum absolute atomic E-state index is 0.293. The Morgan fingerprint density at radius 2 is 1.93 bits per heavy atom. The molecule has 1 aromatic rings. The van der Waals surface area contributed by atoms with Crippen LogP contribution in [-0.2, 0) is 4.79 Å². The molecule has 0 heterocycles. The van der Waals surface area contributed by atoms with E-state index in [0.717, 1.165) is 0 Å². The van der Waals surface area contributed by atoms with E-state index in [0.29, 0.717) is 5.56 Å². The molecule has 0 fully saturated rings. The first-order chi connectivity index (χ1) is 7.09. The van der Waals surface area contributed by atoms with Gasteiger partial charge in [-0.1, -0.05) is 18.2 Å². The third-order valence-corrected chi connectivity index (χ3v) is 1.75. The van der Waals surface area contributed by atoms with Crippen LogP contribution in [0.25, 0.3) is 0 Å². The third kappa shape index (κ3) is 3.78. The fourth-order valence-electron chi connectivity index (χ4n) is 1.08. The topological polar surface area (TPSA) is 92.4 Å². The predicted molar refractivity (Wildman–Crippen MR) is 54.1 cm³/mol. The number of nitrogens with one attached hydrogen (secondary N) is 1. The highest BCUT2D eigenvalue weighted by molar-refractivity contribution is 5.94. The summed E-state index contributed by atoms with van der Waals surface area (Å²) in [7, 11) is 0. The Morgan fingerprint density at radius 1 is 1.33 bits per heavy atom. The van der Waals surface area contributed by atoms with Crippen LogP contribution in [-0.4, -0.2) is 23.1 Å². The van der Waals surface area contributed by atoms with Gasteiger partial charge in [-0.3, -0.25) is 9.59 Å². The molecule has 80 valence electrons. The van der Waals surface area contributed by atoms with Crippen LogP contribution in [0.2, 0.25) is 0 Å². The van der Waals surface area contributed by atoms with Crippen LogP contribution in [0, 0.1) is 0 Å². The van der Waals surface area contributed by atoms with Crippen molar-refractivity contribution in [2.45, 2.75) is 12.6 Å². The predicted octanol–water partition coefficient (Wildman–Crippen LogP) is 0.176. The number of hydrogen-bond acceptors (Lipinski definition) is 3. The smallest absolute Gasteiger partial charge is 0.306 e. The molecule has 15 heavy (non-hydrogen) atoms. The highest BCUT2D eigenvalue weighted by Gasteiger charge is 2.11. The number of carboxylic acid groups (broad SMARTS) is 1. The molecule has 1 rings (SSSR count). The van der Waals surface area contributed by atoms with E-state index in [1.807, 2.05) is 0 Å². The average molecular weight is 208 g/mol. The molecule has 1 atom stereocenters. The van der Waals surface area contributed by atoms with Crippen molar-refractivity contribution in [1.82, 2.24) is 5.32 Å². The summed E-state index contributed by atoms with van der Waals surface area (Å²) < 4.78 is 0. The summed E-state index contributed by atoms with van der Waals surface area (Å²) in [5, 5.41) is 10.8. The van der Waals surface area contributed by atoms with Gasteiger partial charge in [-0.05, 0) is 12.1 Å². The molecule has 0 aliphatic heterocycles. The number of hydrogen-bond donors (Lipinski definition) is 3. The average Bonchev–Trinajstić information content (AvgIpc) is 2.17. The number of benzene rings is 1. The number of aliphatic carboxylic acids is 1. The lowest BCUT2D eigenvalue weighted by Crippen LogP contribution is -2.42. The van der Waals surface area contributed by atoms with Crippen molar-refractivity contribution < 1.29 is 14.7 Å². The molecule has 0 bridgehead atoms. The van der Waals surface area contributed by atoms with E-state index < -0.39 is 12.1 Å². The van der Waals surface area contributed by atoms with Gasteiger partial charge in [0, 0.05) is 5.56 Å². The molecular weight excluding hydrogens is 196 g/mol. The molecule has 0 saturated heterocycles. The van der Waals surface area contributed by atoms with Crippen LogP contribution in [0.5, 0.6) is 0 Å². The van der Waals surface area contributed by atoms with Crippen LogP contribution in [0.1, 0.15) is 16.8 Å². The molecule has 1 unspecified atom stereocenters. The highest BCUT2D eigenvalue weighted by atomic mass is 16.4. The van der Waals surface area contributed by atoms with Crippen LogP contribution < -0.4 is 11.1 Å². The van der Waals surface area contributed by atoms with Gasteiger partial charge in [0.05, 0.1) is 12.6 Å². The Morgan fingerprint density at radius 3 is 2.47 bits per heavy atom. The maximum atomic E-state index is 11.5. The summed E-state index contributed by atoms with van der Waals surface area (Å²) in [6.45, 7) is 0. The summed E-state index contributed by atoms with van der Waals surface area (Å²) in [5.74, 6) is -1.42. The third-order valence-electron chi connectivity index (χ3n) is 1.75. The van der Waals surface area contributed by atoms with Crippen molar-refractivity contribution in [3.05, 3.63) is 35.9 Å². The lowest BCUT2D eigenvalue weighted by molar-refractivity contribution is -0.137. The first-order valence-corrected chi connectivity index (χ1v) is 4.43. The lowest BCUT2D eigenvalue weighted by atomic mass is 10.2. The maximum Gasteiger partial charge on any atom is 0.306 e. The summed E-state index contributed by atoms with van der Waals surface area (Å²) in [6, 6.07) is 8.48. The zero-order valence-electron chi connectivity index (χ0n) is 8.01. The van der Waals surface area contributed by atoms with Crippen molar-refractivity contribution >= 4 is 11.9 Å². The van der Waals surface area contributed by atoms with Gasteiger partial charge in [-0.15, -0.1) is 0 Å². The molecule has 0 aliphatic rings. The van der Waals surface area contributed by atoms with Gasteiger partial charge in [0.15, 0.2) is 0 Å². The molecule has 5 nitrogen and oxygen atoms in total. The number of nitrogens with two attached hydrogens (primary N) is 1. The van der Waals surface area contributed by atoms with Crippen molar-refractivity contribution in [1.29, 1.82) is 0 Å². The molecule has 0 aromatic heterocycles. The second-order valence-electron chi connectivity index (χ2n) is 3.04. The van der Waals surface area contributed by atoms with E-state index in [4.69, 9.17) is 10.8 Å². The number of carbonyl (C=O) groups excluding carboxylic acids is 1. The van der Waals surface area contributed by atoms with Crippen molar-refractivity contribution in [3.8, 4) is 0 Å². The Kier molecular flexibility index (Phi) is 3.82. The van der Waals surface area contributed by atoms with E-state index in [2.05, 4.69) is 5.32 Å². The molecule has 5 heteroatoms. The fourth-order valence-corrected chi connectivity index (χ4v) is 1.08. The Hall–Kier alpha value is -1.88. The SMILES string of the molecule is NC(CC(=O)O)NC(=O)c1ccccc1. The zero-order chi connectivity index (χ0) is 11.3. The molecule has 1 aromatic carbocycles. The van der Waals surface area contributed by atoms with E-state index >= 15 is 0 Å². The molecule has 0 spiro atoms. The fraction of sp³-hybridized carbons (Fsp3) is 0.200. The maximum absolute atomic E-state index is 11.5. The second-order valence-corrected chi connectivity index (χ2v) is 3.04. The van der Waals surface area contributed by atoms with Crippen LogP contribution in [0.15, 0.2) is 30.3 Å². The molecule has 0 saturated carbocycles. The Labute approximate surface area is 86.9 Å². The van der Waals surface area contributed by atoms with Crippen LogP contribution in [0.4, 0.5) is 0 Å². The van der Waals surface area contributed by atoms with E-state index in [1.165, 1.54) is 0 Å². The van der Waals surface area contributed by atoms with Gasteiger partial charge >= 0.3 is 5.97 Å². The van der Waals surface area contributed by atoms with Crippen LogP contribution >= 0.6 is 0 Å². The van der Waals surface area contributed by atoms with Gasteiger partial charge < -0.3 is 16.2 Å². The first kappa shape index (κ1) is 11.2. The van der Waals surface area contributed by atoms with Gasteiger partial charge in [-0.2, -0.15) is 0 Å². The van der Waals surface area contributed by atoms with E-state index in [9.17, 15) is 9.59 Å². The highest BCUT2D eigenvalue weighted by Crippen LogP contribution is 1.98. The summed E-state index contributed by atoms with van der Waals surface area (Å²) in [6.07, 6.45) is -1.16. The van der Waals surface area contributed by atoms with Crippen LogP contribution in [0.3, 0.4) is 0 Å². The normalized spacial score (nSPS) is 11.8. The summed E-state index contributed by atoms with van der Waals surface area (Å²) in [4.78, 5) is 21.7. The van der Waals surface area contributed by atoms with E-state index in [-0.39, 0.29) is 12.3 Å². The molecule has 1 amide bonds. The molecular formula is C10H12N2O3. The van der Waals surface area contributed by atoms with Gasteiger partial charge in [0.1, 0.15) is 0 Å². The van der Waals surface area contributed by atoms with Gasteiger partial charge in [-0.25, -0.2) is 0 Å². The van der Waals surface area contributed by atoms with Crippen molar-refractivity contribution in [2.75, 3.05) is 0 Å².